The Hall–Kier alpha value is -7.66. The highest BCUT2D eigenvalue weighted by Crippen LogP contribution is 2.27. The number of amides is 8. The van der Waals surface area contributed by atoms with Crippen molar-refractivity contribution in [3.63, 3.8) is 0 Å². The molecule has 0 bridgehead atoms. The molecule has 18 N–H and O–H groups in total. The van der Waals surface area contributed by atoms with Gasteiger partial charge in [0.05, 0.1) is 18.8 Å². The zero-order chi connectivity index (χ0) is 57.7. The van der Waals surface area contributed by atoms with Crippen LogP contribution in [0.5, 0.6) is 5.75 Å². The standard InChI is InChI=1S/C48H74N12O17/c1-24(2)21-32(56-44(73)38(25(3)62)58-39(68)28(49)22-26-10-12-27(63)13-11-26)45(74)60-20-6-9-35(60)46(75)59-19-5-8-34(59)43(72)57-33(23-61)42(71)53-29(7-4-18-52-48(50)51)40(69)54-30(14-16-36(64)65)41(70)55-31(47(76)77)15-17-37(66)67/h10-13,24-25,28-35,38,61-63H,4-9,14-23,49H2,1-3H3,(H,53,71)(H,54,69)(H,55,70)(H,56,73)(H,57,72)(H,58,68)(H,64,65)(H,66,67)(H,76,77)(H4,50,51,52). The summed E-state index contributed by atoms with van der Waals surface area (Å²) < 4.78 is 0. The number of aromatic hydroxyl groups is 1. The first-order valence-electron chi connectivity index (χ1n) is 25.2. The van der Waals surface area contributed by atoms with Gasteiger partial charge in [-0.1, -0.05) is 26.0 Å². The van der Waals surface area contributed by atoms with Gasteiger partial charge in [0, 0.05) is 32.5 Å². The average Bonchev–Trinajstić information content (AvgIpc) is 4.06. The molecule has 1 aromatic rings. The van der Waals surface area contributed by atoms with Crippen LogP contribution in [0.4, 0.5) is 0 Å². The Balaban J connectivity index is 1.77. The van der Waals surface area contributed by atoms with E-state index in [1.54, 1.807) is 26.0 Å². The number of carboxylic acid groups (broad SMARTS) is 3. The Morgan fingerprint density at radius 1 is 0.662 bits per heavy atom. The van der Waals surface area contributed by atoms with Gasteiger partial charge in [-0.3, -0.25) is 52.9 Å². The SMILES string of the molecule is CC(C)CC(NC(=O)C(NC(=O)C(N)Cc1ccc(O)cc1)C(C)O)C(=O)N1CCCC1C(=O)N1CCCC1C(=O)NC(CO)C(=O)NC(CCCN=C(N)N)C(=O)NC(CCC(=O)O)C(=O)NC(CCC(=O)O)C(=O)O. The molecule has 0 spiro atoms. The van der Waals surface area contributed by atoms with Gasteiger partial charge in [0.2, 0.25) is 47.3 Å². The highest BCUT2D eigenvalue weighted by Gasteiger charge is 2.45. The number of aliphatic carboxylic acids is 3. The molecule has 8 amide bonds. The number of hydrogen-bond acceptors (Lipinski definition) is 16. The van der Waals surface area contributed by atoms with Crippen LogP contribution in [-0.2, 0) is 59.2 Å². The molecule has 2 saturated heterocycles. The van der Waals surface area contributed by atoms with Crippen molar-refractivity contribution in [1.82, 2.24) is 41.7 Å². The second-order valence-corrected chi connectivity index (χ2v) is 19.4. The Kier molecular flexibility index (Phi) is 25.4. The van der Waals surface area contributed by atoms with E-state index in [0.29, 0.717) is 18.4 Å². The number of benzene rings is 1. The third kappa shape index (κ3) is 20.4. The topological polar surface area (TPSA) is 478 Å². The number of carbonyl (C=O) groups is 11. The fraction of sp³-hybridized carbons (Fsp3) is 0.625. The first kappa shape index (κ1) is 63.6. The molecule has 29 nitrogen and oxygen atoms in total. The lowest BCUT2D eigenvalue weighted by Crippen LogP contribution is -2.61. The molecule has 428 valence electrons. The molecule has 1 aromatic carbocycles. The number of nitrogens with one attached hydrogen (secondary N) is 6. The van der Waals surface area contributed by atoms with Gasteiger partial charge in [-0.05, 0) is 94.7 Å². The van der Waals surface area contributed by atoms with E-state index in [2.05, 4.69) is 36.9 Å². The molecule has 0 saturated carbocycles. The van der Waals surface area contributed by atoms with E-state index in [1.807, 2.05) is 0 Å². The third-order valence-corrected chi connectivity index (χ3v) is 12.7. The molecular weight excluding hydrogens is 1020 g/mol. The number of likely N-dealkylation sites (tertiary alicyclic amines) is 2. The Labute approximate surface area is 443 Å². The van der Waals surface area contributed by atoms with Gasteiger partial charge in [0.25, 0.3) is 0 Å². The summed E-state index contributed by atoms with van der Waals surface area (Å²) >= 11 is 0. The first-order chi connectivity index (χ1) is 36.2. The quantitative estimate of drug-likeness (QED) is 0.0189. The molecule has 0 radical (unpaired) electrons. The van der Waals surface area contributed by atoms with E-state index in [1.165, 1.54) is 28.9 Å². The predicted octanol–water partition coefficient (Wildman–Crippen LogP) is -4.56. The number of guanidine groups is 1. The fourth-order valence-electron chi connectivity index (χ4n) is 8.69. The Morgan fingerprint density at radius 3 is 1.71 bits per heavy atom. The van der Waals surface area contributed by atoms with Crippen LogP contribution in [0, 0.1) is 5.92 Å². The maximum atomic E-state index is 14.4. The highest BCUT2D eigenvalue weighted by atomic mass is 16.4. The first-order valence-corrected chi connectivity index (χ1v) is 25.2. The summed E-state index contributed by atoms with van der Waals surface area (Å²) in [4.78, 5) is 151. The molecule has 77 heavy (non-hydrogen) atoms. The number of nitrogens with two attached hydrogens (primary N) is 3. The summed E-state index contributed by atoms with van der Waals surface area (Å²) in [5.41, 5.74) is 17.5. The minimum Gasteiger partial charge on any atom is -0.508 e. The summed E-state index contributed by atoms with van der Waals surface area (Å²) in [5, 5.41) is 72.7. The molecule has 10 atom stereocenters. The van der Waals surface area contributed by atoms with E-state index in [0.717, 1.165) is 0 Å². The number of nitrogens with zero attached hydrogens (tertiary/aromatic N) is 3. The Morgan fingerprint density at radius 2 is 1.18 bits per heavy atom. The average molecular weight is 1090 g/mol. The van der Waals surface area contributed by atoms with Gasteiger partial charge < -0.3 is 89.5 Å². The van der Waals surface area contributed by atoms with Crippen molar-refractivity contribution in [3.8, 4) is 5.75 Å². The van der Waals surface area contributed by atoms with E-state index < -0.39 is 158 Å². The summed E-state index contributed by atoms with van der Waals surface area (Å²) in [7, 11) is 0. The van der Waals surface area contributed by atoms with Crippen LogP contribution in [0.2, 0.25) is 0 Å². The molecule has 29 heteroatoms. The monoisotopic (exact) mass is 1090 g/mol. The molecule has 0 aromatic heterocycles. The second kappa shape index (κ2) is 30.8. The summed E-state index contributed by atoms with van der Waals surface area (Å²) in [5.74, 6) is -12.0. The van der Waals surface area contributed by atoms with Crippen LogP contribution >= 0.6 is 0 Å². The molecule has 2 heterocycles. The summed E-state index contributed by atoms with van der Waals surface area (Å²) in [6, 6.07) is -7.05. The van der Waals surface area contributed by atoms with Crippen LogP contribution in [0.3, 0.4) is 0 Å². The van der Waals surface area contributed by atoms with Crippen molar-refractivity contribution in [2.75, 3.05) is 26.2 Å². The molecule has 10 unspecified atom stereocenters. The van der Waals surface area contributed by atoms with E-state index >= 15 is 0 Å². The smallest absolute Gasteiger partial charge is 0.326 e. The lowest BCUT2D eigenvalue weighted by Gasteiger charge is -2.34. The van der Waals surface area contributed by atoms with Gasteiger partial charge in [0.15, 0.2) is 5.96 Å². The Bertz CT molecular complexity index is 2300. The lowest BCUT2D eigenvalue weighted by molar-refractivity contribution is -0.148. The number of rotatable bonds is 31. The summed E-state index contributed by atoms with van der Waals surface area (Å²) in [6.07, 6.45) is -3.07. The number of carboxylic acids is 3. The van der Waals surface area contributed by atoms with Crippen LogP contribution in [0.1, 0.15) is 97.0 Å². The maximum Gasteiger partial charge on any atom is 0.326 e. The van der Waals surface area contributed by atoms with Crippen LogP contribution < -0.4 is 49.1 Å². The summed E-state index contributed by atoms with van der Waals surface area (Å²) in [6.45, 7) is 3.92. The molecule has 2 aliphatic rings. The van der Waals surface area contributed by atoms with Gasteiger partial charge >= 0.3 is 17.9 Å². The second-order valence-electron chi connectivity index (χ2n) is 19.4. The van der Waals surface area contributed by atoms with Crippen molar-refractivity contribution in [1.29, 1.82) is 0 Å². The number of aliphatic hydroxyl groups is 2. The normalized spacial score (nSPS) is 18.2. The van der Waals surface area contributed by atoms with Crippen molar-refractivity contribution < 1.29 is 83.4 Å². The number of aliphatic imine (C=N–C) groups is 1. The number of phenolic OH excluding ortho intramolecular Hbond substituents is 1. The van der Waals surface area contributed by atoms with Crippen molar-refractivity contribution >= 4 is 71.1 Å². The fourth-order valence-corrected chi connectivity index (χ4v) is 8.69. The van der Waals surface area contributed by atoms with Crippen LogP contribution in [0.15, 0.2) is 29.3 Å². The van der Waals surface area contributed by atoms with Crippen molar-refractivity contribution in [3.05, 3.63) is 29.8 Å². The number of hydrogen-bond donors (Lipinski definition) is 15. The number of phenols is 1. The van der Waals surface area contributed by atoms with Gasteiger partial charge in [-0.25, -0.2) is 4.79 Å². The van der Waals surface area contributed by atoms with E-state index in [9.17, 15) is 78.3 Å². The maximum absolute atomic E-state index is 14.4. The van der Waals surface area contributed by atoms with Gasteiger partial charge in [-0.2, -0.15) is 0 Å². The zero-order valence-corrected chi connectivity index (χ0v) is 43.2. The molecule has 2 fully saturated rings. The van der Waals surface area contributed by atoms with Crippen LogP contribution in [0.25, 0.3) is 0 Å². The minimum absolute atomic E-state index is 0.00950. The lowest BCUT2D eigenvalue weighted by atomic mass is 10.0. The predicted molar refractivity (Wildman–Crippen MR) is 270 cm³/mol. The molecule has 3 rings (SSSR count). The number of aliphatic hydroxyl groups excluding tert-OH is 2. The molecule has 2 aliphatic heterocycles. The number of carbonyl (C=O) groups excluding carboxylic acids is 8. The van der Waals surface area contributed by atoms with E-state index in [-0.39, 0.29) is 75.8 Å². The van der Waals surface area contributed by atoms with Gasteiger partial charge in [0.1, 0.15) is 54.1 Å². The molecular formula is C48H74N12O17. The van der Waals surface area contributed by atoms with Gasteiger partial charge in [-0.15, -0.1) is 0 Å². The molecule has 0 aliphatic carbocycles. The highest BCUT2D eigenvalue weighted by molar-refractivity contribution is 5.98. The zero-order valence-electron chi connectivity index (χ0n) is 43.2. The third-order valence-electron chi connectivity index (χ3n) is 12.7. The van der Waals surface area contributed by atoms with Crippen molar-refractivity contribution in [2.45, 2.75) is 158 Å². The largest absolute Gasteiger partial charge is 0.508 e. The van der Waals surface area contributed by atoms with E-state index in [4.69, 9.17) is 22.3 Å². The minimum atomic E-state index is -1.75. The van der Waals surface area contributed by atoms with Crippen molar-refractivity contribution in [2.24, 2.45) is 28.1 Å². The van der Waals surface area contributed by atoms with Crippen LogP contribution in [-0.4, -0.2) is 198 Å².